The molecule has 0 spiro atoms. The van der Waals surface area contributed by atoms with Crippen LogP contribution in [0.5, 0.6) is 0 Å². The Bertz CT molecular complexity index is 826. The predicted octanol–water partition coefficient (Wildman–Crippen LogP) is 3.09. The lowest BCUT2D eigenvalue weighted by atomic mass is 9.95. The van der Waals surface area contributed by atoms with E-state index in [1.807, 2.05) is 30.3 Å². The molecule has 1 atom stereocenters. The van der Waals surface area contributed by atoms with E-state index in [0.717, 1.165) is 5.56 Å². The highest BCUT2D eigenvalue weighted by molar-refractivity contribution is 6.02. The molecule has 0 aliphatic carbocycles. The van der Waals surface area contributed by atoms with Crippen molar-refractivity contribution in [3.63, 3.8) is 0 Å². The number of nitrogens with one attached hydrogen (secondary N) is 1. The Morgan fingerprint density at radius 2 is 2.04 bits per heavy atom. The highest BCUT2D eigenvalue weighted by Crippen LogP contribution is 2.33. The summed E-state index contributed by atoms with van der Waals surface area (Å²) in [6, 6.07) is 9.96. The molecule has 7 heteroatoms. The van der Waals surface area contributed by atoms with Crippen LogP contribution in [0.3, 0.4) is 0 Å². The molecule has 0 bridgehead atoms. The number of anilines is 1. The first kappa shape index (κ1) is 16.8. The number of nitrogens with zero attached hydrogens (tertiary/aromatic N) is 2. The van der Waals surface area contributed by atoms with E-state index in [2.05, 4.69) is 10.5 Å². The van der Waals surface area contributed by atoms with Crippen LogP contribution in [-0.2, 0) is 9.53 Å². The summed E-state index contributed by atoms with van der Waals surface area (Å²) < 4.78 is 10.3. The Labute approximate surface area is 145 Å². The van der Waals surface area contributed by atoms with E-state index in [-0.39, 0.29) is 12.6 Å². The van der Waals surface area contributed by atoms with E-state index < -0.39 is 12.0 Å². The van der Waals surface area contributed by atoms with Gasteiger partial charge in [-0.05, 0) is 26.3 Å². The van der Waals surface area contributed by atoms with Gasteiger partial charge in [-0.2, -0.15) is 0 Å². The average molecular weight is 341 g/mol. The van der Waals surface area contributed by atoms with Crippen molar-refractivity contribution >= 4 is 17.8 Å². The molecule has 0 unspecified atom stereocenters. The molecule has 130 valence electrons. The molecule has 2 heterocycles. The third-order valence-electron chi connectivity index (χ3n) is 3.96. The number of esters is 1. The van der Waals surface area contributed by atoms with Crippen LogP contribution in [0.15, 0.2) is 52.2 Å². The standard InChI is InChI=1S/C18H19N3O4/c1-4-24-17(22)15-12(3)21(14-10-11(2)25-20-14)18(23)19-16(15)13-8-6-5-7-9-13/h5-10,16H,4H2,1-3H3,(H,19,23)/t16-/m1/s1. The Morgan fingerprint density at radius 1 is 1.32 bits per heavy atom. The van der Waals surface area contributed by atoms with Crippen molar-refractivity contribution < 1.29 is 18.8 Å². The molecule has 25 heavy (non-hydrogen) atoms. The van der Waals surface area contributed by atoms with Crippen LogP contribution in [0.2, 0.25) is 0 Å². The van der Waals surface area contributed by atoms with Crippen molar-refractivity contribution in [2.75, 3.05) is 11.5 Å². The van der Waals surface area contributed by atoms with Crippen LogP contribution >= 0.6 is 0 Å². The average Bonchev–Trinajstić information content (AvgIpc) is 3.01. The fourth-order valence-electron chi connectivity index (χ4n) is 2.85. The molecule has 3 rings (SSSR count). The third kappa shape index (κ3) is 3.13. The Morgan fingerprint density at radius 3 is 2.64 bits per heavy atom. The number of aromatic nitrogens is 1. The number of amides is 2. The van der Waals surface area contributed by atoms with Gasteiger partial charge in [-0.3, -0.25) is 0 Å². The van der Waals surface area contributed by atoms with Crippen LogP contribution in [0.4, 0.5) is 10.6 Å². The van der Waals surface area contributed by atoms with Crippen molar-refractivity contribution in [1.29, 1.82) is 0 Å². The quantitative estimate of drug-likeness (QED) is 0.864. The monoisotopic (exact) mass is 341 g/mol. The Hall–Kier alpha value is -3.09. The number of aryl methyl sites for hydroxylation is 1. The molecular formula is C18H19N3O4. The van der Waals surface area contributed by atoms with Crippen molar-refractivity contribution in [1.82, 2.24) is 10.5 Å². The van der Waals surface area contributed by atoms with E-state index in [4.69, 9.17) is 9.26 Å². The molecule has 1 N–H and O–H groups in total. The zero-order valence-electron chi connectivity index (χ0n) is 14.3. The number of carbonyl (C=O) groups is 2. The van der Waals surface area contributed by atoms with Crippen LogP contribution in [0.25, 0.3) is 0 Å². The summed E-state index contributed by atoms with van der Waals surface area (Å²) in [4.78, 5) is 26.6. The highest BCUT2D eigenvalue weighted by Gasteiger charge is 2.38. The fourth-order valence-corrected chi connectivity index (χ4v) is 2.85. The minimum atomic E-state index is -0.586. The molecule has 0 radical (unpaired) electrons. The molecule has 2 amide bonds. The van der Waals surface area contributed by atoms with Crippen molar-refractivity contribution in [2.24, 2.45) is 0 Å². The van der Waals surface area contributed by atoms with E-state index >= 15 is 0 Å². The Balaban J connectivity index is 2.11. The van der Waals surface area contributed by atoms with Crippen LogP contribution < -0.4 is 10.2 Å². The Kier molecular flexibility index (Phi) is 4.56. The maximum Gasteiger partial charge on any atom is 0.338 e. The number of allylic oxidation sites excluding steroid dienone is 1. The van der Waals surface area contributed by atoms with Crippen LogP contribution in [0, 0.1) is 6.92 Å². The number of hydrogen-bond acceptors (Lipinski definition) is 5. The topological polar surface area (TPSA) is 84.7 Å². The lowest BCUT2D eigenvalue weighted by Crippen LogP contribution is -2.48. The molecule has 0 fully saturated rings. The van der Waals surface area contributed by atoms with E-state index in [0.29, 0.717) is 22.8 Å². The largest absolute Gasteiger partial charge is 0.463 e. The molecule has 0 saturated carbocycles. The lowest BCUT2D eigenvalue weighted by molar-refractivity contribution is -0.139. The summed E-state index contributed by atoms with van der Waals surface area (Å²) in [5, 5.41) is 6.74. The van der Waals surface area contributed by atoms with Gasteiger partial charge in [-0.15, -0.1) is 0 Å². The first-order chi connectivity index (χ1) is 12.0. The maximum atomic E-state index is 12.7. The normalized spacial score (nSPS) is 17.5. The summed E-state index contributed by atoms with van der Waals surface area (Å²) in [5.41, 5.74) is 1.63. The van der Waals surface area contributed by atoms with Gasteiger partial charge in [0.2, 0.25) is 0 Å². The summed E-state index contributed by atoms with van der Waals surface area (Å²) in [6.45, 7) is 5.42. The predicted molar refractivity (Wildman–Crippen MR) is 90.8 cm³/mol. The van der Waals surface area contributed by atoms with E-state index in [9.17, 15) is 9.59 Å². The van der Waals surface area contributed by atoms with Crippen molar-refractivity contribution in [2.45, 2.75) is 26.8 Å². The molecule has 1 aliphatic rings. The van der Waals surface area contributed by atoms with Crippen LogP contribution in [-0.4, -0.2) is 23.8 Å². The van der Waals surface area contributed by atoms with Gasteiger partial charge in [0.15, 0.2) is 5.82 Å². The minimum Gasteiger partial charge on any atom is -0.463 e. The summed E-state index contributed by atoms with van der Waals surface area (Å²) in [6.07, 6.45) is 0. The van der Waals surface area contributed by atoms with E-state index in [1.54, 1.807) is 26.8 Å². The SMILES string of the molecule is CCOC(=O)C1=C(C)N(c2cc(C)on2)C(=O)N[C@@H]1c1ccccc1. The lowest BCUT2D eigenvalue weighted by Gasteiger charge is -2.33. The summed E-state index contributed by atoms with van der Waals surface area (Å²) >= 11 is 0. The summed E-state index contributed by atoms with van der Waals surface area (Å²) in [5.74, 6) is 0.415. The number of carbonyl (C=O) groups excluding carboxylic acids is 2. The van der Waals surface area contributed by atoms with Gasteiger partial charge in [0.25, 0.3) is 0 Å². The smallest absolute Gasteiger partial charge is 0.338 e. The minimum absolute atomic E-state index is 0.244. The molecule has 1 aromatic heterocycles. The second-order valence-electron chi connectivity index (χ2n) is 5.64. The van der Waals surface area contributed by atoms with Gasteiger partial charge in [-0.25, -0.2) is 14.5 Å². The zero-order valence-corrected chi connectivity index (χ0v) is 14.3. The third-order valence-corrected chi connectivity index (χ3v) is 3.96. The molecular weight excluding hydrogens is 322 g/mol. The van der Waals surface area contributed by atoms with Gasteiger partial charge < -0.3 is 14.6 Å². The first-order valence-electron chi connectivity index (χ1n) is 7.99. The van der Waals surface area contributed by atoms with Gasteiger partial charge in [0, 0.05) is 11.8 Å². The van der Waals surface area contributed by atoms with E-state index in [1.165, 1.54) is 4.90 Å². The van der Waals surface area contributed by atoms with Gasteiger partial charge >= 0.3 is 12.0 Å². The molecule has 1 aromatic carbocycles. The summed E-state index contributed by atoms with van der Waals surface area (Å²) in [7, 11) is 0. The number of rotatable bonds is 4. The molecule has 2 aromatic rings. The maximum absolute atomic E-state index is 12.7. The number of urea groups is 1. The fraction of sp³-hybridized carbons (Fsp3) is 0.278. The van der Waals surface area contributed by atoms with Crippen LogP contribution in [0.1, 0.15) is 31.2 Å². The second-order valence-corrected chi connectivity index (χ2v) is 5.64. The molecule has 1 aliphatic heterocycles. The zero-order chi connectivity index (χ0) is 18.0. The number of ether oxygens (including phenoxy) is 1. The van der Waals surface area contributed by atoms with Gasteiger partial charge in [0.05, 0.1) is 18.2 Å². The first-order valence-corrected chi connectivity index (χ1v) is 7.99. The number of benzene rings is 1. The number of hydrogen-bond donors (Lipinski definition) is 1. The highest BCUT2D eigenvalue weighted by atomic mass is 16.5. The van der Waals surface area contributed by atoms with Crippen molar-refractivity contribution in [3.05, 3.63) is 59.0 Å². The van der Waals surface area contributed by atoms with Crippen molar-refractivity contribution in [3.8, 4) is 0 Å². The van der Waals surface area contributed by atoms with Gasteiger partial charge in [0.1, 0.15) is 5.76 Å². The van der Waals surface area contributed by atoms with Gasteiger partial charge in [-0.1, -0.05) is 35.5 Å². The molecule has 7 nitrogen and oxygen atoms in total. The second kappa shape index (κ2) is 6.80. The molecule has 0 saturated heterocycles.